The molecule has 0 aliphatic carbocycles. The highest BCUT2D eigenvalue weighted by Crippen LogP contribution is 2.23. The molecule has 0 aliphatic rings. The Kier molecular flexibility index (Phi) is 2.98. The van der Waals surface area contributed by atoms with Crippen LogP contribution >= 0.6 is 0 Å². The second-order valence-corrected chi connectivity index (χ2v) is 4.40. The summed E-state index contributed by atoms with van der Waals surface area (Å²) in [5.41, 5.74) is -0.477. The van der Waals surface area contributed by atoms with Crippen LogP contribution in [0.25, 0.3) is 22.3 Å². The number of fused-ring (bicyclic) bond motifs is 1. The van der Waals surface area contributed by atoms with E-state index in [9.17, 15) is 14.0 Å². The molecule has 0 amide bonds. The van der Waals surface area contributed by atoms with Crippen LogP contribution < -0.4 is 5.56 Å². The Hall–Kier alpha value is -3.02. The van der Waals surface area contributed by atoms with Crippen molar-refractivity contribution in [2.45, 2.75) is 0 Å². The lowest BCUT2D eigenvalue weighted by Crippen LogP contribution is -2.12. The number of nitrogens with zero attached hydrogens (tertiary/aromatic N) is 1. The predicted molar refractivity (Wildman–Crippen MR) is 74.7 cm³/mol. The van der Waals surface area contributed by atoms with E-state index in [0.717, 1.165) is 6.07 Å². The van der Waals surface area contributed by atoms with E-state index < -0.39 is 22.9 Å². The average Bonchev–Trinajstić information content (AvgIpc) is 2.46. The van der Waals surface area contributed by atoms with Gasteiger partial charge in [-0.25, -0.2) is 14.2 Å². The van der Waals surface area contributed by atoms with Crippen molar-refractivity contribution in [3.05, 3.63) is 64.2 Å². The van der Waals surface area contributed by atoms with Crippen molar-refractivity contribution in [2.24, 2.45) is 0 Å². The van der Waals surface area contributed by atoms with Crippen LogP contribution in [-0.2, 0) is 0 Å². The van der Waals surface area contributed by atoms with Gasteiger partial charge in [0, 0.05) is 5.56 Å². The molecule has 104 valence electrons. The Morgan fingerprint density at radius 1 is 1.14 bits per heavy atom. The van der Waals surface area contributed by atoms with Crippen molar-refractivity contribution in [2.75, 3.05) is 0 Å². The number of aromatic carboxylic acids is 1. The number of para-hydroxylation sites is 1. The minimum absolute atomic E-state index is 0.0237. The maximum absolute atomic E-state index is 13.7. The molecule has 0 fully saturated rings. The van der Waals surface area contributed by atoms with Gasteiger partial charge in [-0.05, 0) is 18.2 Å². The quantitative estimate of drug-likeness (QED) is 0.757. The van der Waals surface area contributed by atoms with Gasteiger partial charge >= 0.3 is 5.97 Å². The first kappa shape index (κ1) is 13.0. The average molecular weight is 284 g/mol. The zero-order valence-electron chi connectivity index (χ0n) is 10.6. The number of aromatic nitrogens is 2. The van der Waals surface area contributed by atoms with Crippen LogP contribution in [0, 0.1) is 5.82 Å². The standard InChI is InChI=1S/C15H9FN2O3/c16-10-6-3-5-9(12(10)15(20)21)13-17-11-7-2-1-4-8(11)14(19)18-13/h1-7H,(H,20,21)(H,17,18,19). The molecule has 0 radical (unpaired) electrons. The van der Waals surface area contributed by atoms with Crippen LogP contribution in [0.4, 0.5) is 4.39 Å². The van der Waals surface area contributed by atoms with Gasteiger partial charge in [0.25, 0.3) is 5.56 Å². The Labute approximate surface area is 117 Å². The molecule has 0 saturated heterocycles. The van der Waals surface area contributed by atoms with Gasteiger partial charge < -0.3 is 10.1 Å². The number of carboxylic acids is 1. The molecule has 21 heavy (non-hydrogen) atoms. The number of benzene rings is 2. The summed E-state index contributed by atoms with van der Waals surface area (Å²) in [6.45, 7) is 0. The molecule has 3 rings (SSSR count). The normalized spacial score (nSPS) is 10.7. The minimum Gasteiger partial charge on any atom is -0.478 e. The van der Waals surface area contributed by atoms with E-state index in [4.69, 9.17) is 5.11 Å². The number of carboxylic acid groups (broad SMARTS) is 1. The first-order valence-corrected chi connectivity index (χ1v) is 6.09. The van der Waals surface area contributed by atoms with E-state index in [1.165, 1.54) is 12.1 Å². The van der Waals surface area contributed by atoms with Gasteiger partial charge in [-0.2, -0.15) is 0 Å². The zero-order chi connectivity index (χ0) is 15.0. The van der Waals surface area contributed by atoms with E-state index in [1.54, 1.807) is 24.3 Å². The van der Waals surface area contributed by atoms with Crippen LogP contribution in [0.3, 0.4) is 0 Å². The fourth-order valence-corrected chi connectivity index (χ4v) is 2.15. The first-order valence-electron chi connectivity index (χ1n) is 6.09. The van der Waals surface area contributed by atoms with Crippen LogP contribution in [0.15, 0.2) is 47.3 Å². The Morgan fingerprint density at radius 3 is 2.67 bits per heavy atom. The van der Waals surface area contributed by atoms with Gasteiger partial charge in [-0.1, -0.05) is 24.3 Å². The molecule has 3 aromatic rings. The number of aromatic amines is 1. The van der Waals surface area contributed by atoms with Gasteiger partial charge in [0.1, 0.15) is 17.2 Å². The van der Waals surface area contributed by atoms with Crippen molar-refractivity contribution in [1.82, 2.24) is 9.97 Å². The topological polar surface area (TPSA) is 83.0 Å². The first-order chi connectivity index (χ1) is 10.1. The smallest absolute Gasteiger partial charge is 0.339 e. The molecule has 0 spiro atoms. The third-order valence-electron chi connectivity index (χ3n) is 3.10. The van der Waals surface area contributed by atoms with E-state index in [-0.39, 0.29) is 11.4 Å². The van der Waals surface area contributed by atoms with Crippen molar-refractivity contribution in [3.63, 3.8) is 0 Å². The maximum Gasteiger partial charge on any atom is 0.339 e. The van der Waals surface area contributed by atoms with E-state index in [0.29, 0.717) is 10.9 Å². The lowest BCUT2D eigenvalue weighted by Gasteiger charge is -2.07. The molecular formula is C15H9FN2O3. The molecule has 0 atom stereocenters. The van der Waals surface area contributed by atoms with E-state index in [2.05, 4.69) is 9.97 Å². The van der Waals surface area contributed by atoms with Crippen LogP contribution in [0.1, 0.15) is 10.4 Å². The highest BCUT2D eigenvalue weighted by atomic mass is 19.1. The summed E-state index contributed by atoms with van der Waals surface area (Å²) in [6, 6.07) is 10.5. The van der Waals surface area contributed by atoms with Gasteiger partial charge in [0.2, 0.25) is 0 Å². The summed E-state index contributed by atoms with van der Waals surface area (Å²) >= 11 is 0. The van der Waals surface area contributed by atoms with Crippen LogP contribution in [-0.4, -0.2) is 21.0 Å². The molecule has 2 aromatic carbocycles. The number of hydrogen-bond acceptors (Lipinski definition) is 3. The largest absolute Gasteiger partial charge is 0.478 e. The lowest BCUT2D eigenvalue weighted by molar-refractivity contribution is 0.0692. The number of nitrogens with one attached hydrogen (secondary N) is 1. The third-order valence-corrected chi connectivity index (χ3v) is 3.10. The van der Waals surface area contributed by atoms with Gasteiger partial charge in [0.15, 0.2) is 0 Å². The molecule has 0 bridgehead atoms. The minimum atomic E-state index is -1.42. The molecule has 6 heteroatoms. The number of H-pyrrole nitrogens is 1. The van der Waals surface area contributed by atoms with Gasteiger partial charge in [0.05, 0.1) is 10.9 Å². The van der Waals surface area contributed by atoms with Crippen molar-refractivity contribution in [3.8, 4) is 11.4 Å². The van der Waals surface area contributed by atoms with Gasteiger partial charge in [-0.15, -0.1) is 0 Å². The van der Waals surface area contributed by atoms with E-state index in [1.807, 2.05) is 0 Å². The second kappa shape index (κ2) is 4.82. The van der Waals surface area contributed by atoms with Crippen LogP contribution in [0.2, 0.25) is 0 Å². The summed E-state index contributed by atoms with van der Waals surface area (Å²) in [5.74, 6) is -2.27. The van der Waals surface area contributed by atoms with Crippen molar-refractivity contribution >= 4 is 16.9 Å². The number of rotatable bonds is 2. The predicted octanol–water partition coefficient (Wildman–Crippen LogP) is 2.43. The van der Waals surface area contributed by atoms with Crippen molar-refractivity contribution in [1.29, 1.82) is 0 Å². The summed E-state index contributed by atoms with van der Waals surface area (Å²) < 4.78 is 13.7. The fraction of sp³-hybridized carbons (Fsp3) is 0. The summed E-state index contributed by atoms with van der Waals surface area (Å²) in [7, 11) is 0. The fourth-order valence-electron chi connectivity index (χ4n) is 2.15. The monoisotopic (exact) mass is 284 g/mol. The SMILES string of the molecule is O=C(O)c1c(F)cccc1-c1nc2ccccc2c(=O)[nH]1. The molecule has 2 N–H and O–H groups in total. The van der Waals surface area contributed by atoms with Crippen LogP contribution in [0.5, 0.6) is 0 Å². The number of carbonyl (C=O) groups is 1. The third kappa shape index (κ3) is 2.16. The molecule has 0 aliphatic heterocycles. The maximum atomic E-state index is 13.7. The molecule has 1 aromatic heterocycles. The molecule has 0 unspecified atom stereocenters. The summed E-state index contributed by atoms with van der Waals surface area (Å²) in [6.07, 6.45) is 0. The Bertz CT molecular complexity index is 918. The highest BCUT2D eigenvalue weighted by Gasteiger charge is 2.18. The second-order valence-electron chi connectivity index (χ2n) is 4.40. The Balaban J connectivity index is 2.34. The van der Waals surface area contributed by atoms with E-state index >= 15 is 0 Å². The Morgan fingerprint density at radius 2 is 1.90 bits per heavy atom. The number of halogens is 1. The molecule has 0 saturated carbocycles. The molecular weight excluding hydrogens is 275 g/mol. The highest BCUT2D eigenvalue weighted by molar-refractivity contribution is 5.95. The zero-order valence-corrected chi connectivity index (χ0v) is 10.6. The summed E-state index contributed by atoms with van der Waals surface area (Å²) in [4.78, 5) is 29.9. The number of hydrogen-bond donors (Lipinski definition) is 2. The van der Waals surface area contributed by atoms with Crippen molar-refractivity contribution < 1.29 is 14.3 Å². The lowest BCUT2D eigenvalue weighted by atomic mass is 10.1. The summed E-state index contributed by atoms with van der Waals surface area (Å²) in [5, 5.41) is 9.51. The molecule has 5 nitrogen and oxygen atoms in total. The van der Waals surface area contributed by atoms with Gasteiger partial charge in [-0.3, -0.25) is 4.79 Å². The molecule has 1 heterocycles.